The Hall–Kier alpha value is -3.66. The summed E-state index contributed by atoms with van der Waals surface area (Å²) in [4.78, 5) is 49.1. The molecule has 1 spiro atoms. The number of hydrogen-bond donors (Lipinski definition) is 1. The van der Waals surface area contributed by atoms with Gasteiger partial charge in [0.15, 0.2) is 0 Å². The summed E-state index contributed by atoms with van der Waals surface area (Å²) in [6.45, 7) is 14.8. The standard InChI is InChI=1S/C37H46ClN3O6/c1-6-21-39(26-15-17-27(18-16-26)46-8-3)33(43)29-30-34(44)41(23-10-9-11-24-42)32(37(30)20-19-36(29,5)47-37)35(45)40(22-7-2)31-25(4)13-12-14-28(31)38/h6-7,12-18,29-30,32,42H,1-2,8-11,19-24H2,3-5H3/t29-,30-,32?,36+,37?/m0/s1. The molecule has 3 amide bonds. The van der Waals surface area contributed by atoms with E-state index in [1.807, 2.05) is 57.2 Å². The van der Waals surface area contributed by atoms with E-state index in [-0.39, 0.29) is 37.4 Å². The van der Waals surface area contributed by atoms with Crippen LogP contribution in [-0.4, -0.2) is 77.8 Å². The highest BCUT2D eigenvalue weighted by atomic mass is 35.5. The second-order valence-corrected chi connectivity index (χ2v) is 13.3. The first-order chi connectivity index (χ1) is 22.6. The predicted octanol–water partition coefficient (Wildman–Crippen LogP) is 5.71. The number of amides is 3. The molecule has 5 atom stereocenters. The molecule has 2 aromatic rings. The van der Waals surface area contributed by atoms with Crippen LogP contribution >= 0.6 is 11.6 Å². The number of nitrogens with zero attached hydrogens (tertiary/aromatic N) is 3. The number of halogens is 1. The lowest BCUT2D eigenvalue weighted by Crippen LogP contribution is -2.57. The van der Waals surface area contributed by atoms with Crippen molar-refractivity contribution in [2.45, 2.75) is 70.1 Å². The Morgan fingerprint density at radius 2 is 1.77 bits per heavy atom. The van der Waals surface area contributed by atoms with Crippen LogP contribution in [-0.2, 0) is 19.1 Å². The van der Waals surface area contributed by atoms with Crippen molar-refractivity contribution in [1.82, 2.24) is 4.90 Å². The van der Waals surface area contributed by atoms with Crippen LogP contribution in [0.15, 0.2) is 67.8 Å². The van der Waals surface area contributed by atoms with E-state index in [1.165, 1.54) is 0 Å². The number of para-hydroxylation sites is 1. The lowest BCUT2D eigenvalue weighted by atomic mass is 9.66. The van der Waals surface area contributed by atoms with E-state index in [4.69, 9.17) is 21.1 Å². The van der Waals surface area contributed by atoms with Crippen LogP contribution < -0.4 is 14.5 Å². The highest BCUT2D eigenvalue weighted by Crippen LogP contribution is 2.63. The van der Waals surface area contributed by atoms with Crippen LogP contribution in [0, 0.1) is 18.8 Å². The van der Waals surface area contributed by atoms with Crippen LogP contribution in [0.1, 0.15) is 51.5 Å². The highest BCUT2D eigenvalue weighted by molar-refractivity contribution is 6.34. The zero-order chi connectivity index (χ0) is 33.9. The molecule has 10 heteroatoms. The molecule has 2 aromatic carbocycles. The first kappa shape index (κ1) is 34.7. The van der Waals surface area contributed by atoms with E-state index in [0.717, 1.165) is 5.56 Å². The van der Waals surface area contributed by atoms with Crippen molar-refractivity contribution in [1.29, 1.82) is 0 Å². The van der Waals surface area contributed by atoms with Crippen LogP contribution in [0.3, 0.4) is 0 Å². The molecule has 5 rings (SSSR count). The quantitative estimate of drug-likeness (QED) is 0.194. The van der Waals surface area contributed by atoms with Gasteiger partial charge in [0.1, 0.15) is 17.4 Å². The van der Waals surface area contributed by atoms with Crippen molar-refractivity contribution in [3.8, 4) is 5.75 Å². The lowest BCUT2D eigenvalue weighted by Gasteiger charge is -2.37. The maximum absolute atomic E-state index is 14.9. The minimum Gasteiger partial charge on any atom is -0.494 e. The third-order valence-electron chi connectivity index (χ3n) is 9.91. The van der Waals surface area contributed by atoms with Gasteiger partial charge in [-0.2, -0.15) is 0 Å². The monoisotopic (exact) mass is 663 g/mol. The molecule has 3 aliphatic heterocycles. The lowest BCUT2D eigenvalue weighted by molar-refractivity contribution is -0.144. The molecule has 252 valence electrons. The van der Waals surface area contributed by atoms with Gasteiger partial charge in [-0.3, -0.25) is 14.4 Å². The maximum Gasteiger partial charge on any atom is 0.253 e. The van der Waals surface area contributed by atoms with E-state index in [2.05, 4.69) is 13.2 Å². The molecule has 0 aliphatic carbocycles. The van der Waals surface area contributed by atoms with E-state index in [9.17, 15) is 19.5 Å². The van der Waals surface area contributed by atoms with Crippen LogP contribution in [0.25, 0.3) is 0 Å². The number of fused-ring (bicyclic) bond motifs is 1. The van der Waals surface area contributed by atoms with Crippen LogP contribution in [0.5, 0.6) is 5.75 Å². The minimum atomic E-state index is -1.20. The summed E-state index contributed by atoms with van der Waals surface area (Å²) < 4.78 is 12.5. The van der Waals surface area contributed by atoms with Crippen LogP contribution in [0.4, 0.5) is 11.4 Å². The molecule has 0 aromatic heterocycles. The normalized spacial score (nSPS) is 25.9. The fourth-order valence-corrected chi connectivity index (χ4v) is 8.26. The molecule has 0 radical (unpaired) electrons. The molecule has 3 heterocycles. The molecule has 47 heavy (non-hydrogen) atoms. The first-order valence-corrected chi connectivity index (χ1v) is 16.9. The van der Waals surface area contributed by atoms with Gasteiger partial charge >= 0.3 is 0 Å². The summed E-state index contributed by atoms with van der Waals surface area (Å²) in [5.41, 5.74) is -0.122. The van der Waals surface area contributed by atoms with Gasteiger partial charge in [-0.25, -0.2) is 0 Å². The van der Waals surface area contributed by atoms with Gasteiger partial charge in [0, 0.05) is 31.9 Å². The van der Waals surface area contributed by atoms with Crippen molar-refractivity contribution < 1.29 is 29.0 Å². The molecule has 3 saturated heterocycles. The number of aryl methyl sites for hydroxylation is 1. The van der Waals surface area contributed by atoms with Crippen molar-refractivity contribution >= 4 is 40.7 Å². The van der Waals surface area contributed by atoms with Gasteiger partial charge in [0.2, 0.25) is 11.8 Å². The fourth-order valence-electron chi connectivity index (χ4n) is 7.93. The van der Waals surface area contributed by atoms with E-state index >= 15 is 0 Å². The van der Waals surface area contributed by atoms with Gasteiger partial charge in [0.05, 0.1) is 34.8 Å². The maximum atomic E-state index is 14.9. The number of unbranched alkanes of at least 4 members (excludes halogenated alkanes) is 2. The Labute approximate surface area is 282 Å². The van der Waals surface area contributed by atoms with Crippen molar-refractivity contribution in [2.75, 3.05) is 42.6 Å². The number of aliphatic hydroxyl groups is 1. The van der Waals surface area contributed by atoms with Gasteiger partial charge in [0.25, 0.3) is 5.91 Å². The Bertz CT molecular complexity index is 1490. The predicted molar refractivity (Wildman–Crippen MR) is 184 cm³/mol. The van der Waals surface area contributed by atoms with E-state index < -0.39 is 29.1 Å². The Balaban J connectivity index is 1.57. The largest absolute Gasteiger partial charge is 0.494 e. The molecule has 2 bridgehead atoms. The summed E-state index contributed by atoms with van der Waals surface area (Å²) in [6, 6.07) is 11.8. The second-order valence-electron chi connectivity index (χ2n) is 12.9. The zero-order valence-electron chi connectivity index (χ0n) is 27.6. The number of benzene rings is 2. The van der Waals surface area contributed by atoms with Gasteiger partial charge in [-0.1, -0.05) is 35.9 Å². The number of hydrogen-bond acceptors (Lipinski definition) is 6. The smallest absolute Gasteiger partial charge is 0.253 e. The SMILES string of the molecule is C=CCN(C(=O)[C@@H]1[C@H]2C(=O)N(CCCCCO)C(C(=O)N(CC=C)c3c(C)cccc3Cl)C23CC[C@@]1(C)O3)c1ccc(OCC)cc1. The van der Waals surface area contributed by atoms with E-state index in [1.54, 1.807) is 32.9 Å². The Kier molecular flexibility index (Phi) is 10.5. The number of carbonyl (C=O) groups is 3. The highest BCUT2D eigenvalue weighted by Gasteiger charge is 2.78. The van der Waals surface area contributed by atoms with Crippen LogP contribution in [0.2, 0.25) is 5.02 Å². The summed E-state index contributed by atoms with van der Waals surface area (Å²) in [5, 5.41) is 9.81. The number of ether oxygens (including phenoxy) is 2. The molecule has 3 aliphatic rings. The Morgan fingerprint density at radius 1 is 1.06 bits per heavy atom. The number of anilines is 2. The number of rotatable bonds is 15. The fraction of sp³-hybridized carbons (Fsp3) is 0.486. The summed E-state index contributed by atoms with van der Waals surface area (Å²) in [7, 11) is 0. The third-order valence-corrected chi connectivity index (χ3v) is 10.2. The third kappa shape index (κ3) is 6.09. The van der Waals surface area contributed by atoms with Crippen molar-refractivity contribution in [2.24, 2.45) is 11.8 Å². The molecule has 2 unspecified atom stereocenters. The molecule has 1 N–H and O–H groups in total. The topological polar surface area (TPSA) is 99.6 Å². The number of likely N-dealkylation sites (tertiary alicyclic amines) is 1. The van der Waals surface area contributed by atoms with Gasteiger partial charge < -0.3 is 29.3 Å². The summed E-state index contributed by atoms with van der Waals surface area (Å²) >= 11 is 6.69. The second kappa shape index (κ2) is 14.2. The average Bonchev–Trinajstić information content (AvgIpc) is 3.62. The zero-order valence-corrected chi connectivity index (χ0v) is 28.4. The molecule has 0 saturated carbocycles. The molecular weight excluding hydrogens is 618 g/mol. The number of aliphatic hydroxyl groups excluding tert-OH is 1. The van der Waals surface area contributed by atoms with E-state index in [0.29, 0.717) is 67.4 Å². The molecule has 9 nitrogen and oxygen atoms in total. The summed E-state index contributed by atoms with van der Waals surface area (Å²) in [6.07, 6.45) is 6.15. The summed E-state index contributed by atoms with van der Waals surface area (Å²) in [5.74, 6) is -1.79. The van der Waals surface area contributed by atoms with Crippen molar-refractivity contribution in [3.05, 3.63) is 78.4 Å². The average molecular weight is 664 g/mol. The van der Waals surface area contributed by atoms with Crippen molar-refractivity contribution in [3.63, 3.8) is 0 Å². The molecule has 3 fully saturated rings. The Morgan fingerprint density at radius 3 is 2.40 bits per heavy atom. The first-order valence-electron chi connectivity index (χ1n) is 16.5. The number of carbonyl (C=O) groups excluding carboxylic acids is 3. The van der Waals surface area contributed by atoms with Gasteiger partial charge in [-0.05, 0) is 88.8 Å². The molecular formula is C37H46ClN3O6. The minimum absolute atomic E-state index is 0.0461. The van der Waals surface area contributed by atoms with Gasteiger partial charge in [-0.15, -0.1) is 13.2 Å².